The lowest BCUT2D eigenvalue weighted by Crippen LogP contribution is -2.29. The smallest absolute Gasteiger partial charge is 0.0490 e. The summed E-state index contributed by atoms with van der Waals surface area (Å²) < 4.78 is 2.41. The van der Waals surface area contributed by atoms with Crippen molar-refractivity contribution in [3.8, 4) is 0 Å². The summed E-state index contributed by atoms with van der Waals surface area (Å²) in [6, 6.07) is 9.28. The van der Waals surface area contributed by atoms with Crippen LogP contribution in [0.1, 0.15) is 32.1 Å². The van der Waals surface area contributed by atoms with E-state index >= 15 is 0 Å². The Labute approximate surface area is 126 Å². The van der Waals surface area contributed by atoms with Crippen LogP contribution in [-0.2, 0) is 0 Å². The molecule has 1 heterocycles. The van der Waals surface area contributed by atoms with Crippen LogP contribution in [0.4, 0.5) is 11.4 Å². The molecule has 0 aromatic heterocycles. The molecule has 2 fully saturated rings. The molecule has 2 aliphatic rings. The Kier molecular flexibility index (Phi) is 4.73. The number of nitrogens with zero attached hydrogens (tertiary/aromatic N) is 1. The SMILES string of the molecule is NC1CCC(CNc2cccc(N3CCCS3)c2)CC1. The van der Waals surface area contributed by atoms with Gasteiger partial charge in [0, 0.05) is 36.3 Å². The average molecular weight is 291 g/mol. The van der Waals surface area contributed by atoms with Crippen molar-refractivity contribution >= 4 is 23.3 Å². The minimum absolute atomic E-state index is 0.446. The minimum Gasteiger partial charge on any atom is -0.385 e. The zero-order valence-corrected chi connectivity index (χ0v) is 12.9. The molecule has 0 spiro atoms. The van der Waals surface area contributed by atoms with Gasteiger partial charge in [-0.15, -0.1) is 0 Å². The van der Waals surface area contributed by atoms with E-state index in [1.165, 1.54) is 55.8 Å². The van der Waals surface area contributed by atoms with Crippen LogP contribution >= 0.6 is 11.9 Å². The van der Waals surface area contributed by atoms with E-state index in [4.69, 9.17) is 5.73 Å². The van der Waals surface area contributed by atoms with E-state index < -0.39 is 0 Å². The molecule has 0 bridgehead atoms. The Balaban J connectivity index is 1.53. The van der Waals surface area contributed by atoms with E-state index in [0.717, 1.165) is 12.5 Å². The predicted molar refractivity (Wildman–Crippen MR) is 89.3 cm³/mol. The summed E-state index contributed by atoms with van der Waals surface area (Å²) in [6.07, 6.45) is 6.23. The summed E-state index contributed by atoms with van der Waals surface area (Å²) in [7, 11) is 0. The fourth-order valence-corrected chi connectivity index (χ4v) is 4.08. The maximum Gasteiger partial charge on any atom is 0.0490 e. The van der Waals surface area contributed by atoms with Gasteiger partial charge in [0.05, 0.1) is 0 Å². The first-order chi connectivity index (χ1) is 9.81. The molecule has 1 aliphatic carbocycles. The third-order valence-corrected chi connectivity index (χ3v) is 5.55. The first-order valence-electron chi connectivity index (χ1n) is 7.81. The van der Waals surface area contributed by atoms with Crippen molar-refractivity contribution in [3.05, 3.63) is 24.3 Å². The summed E-state index contributed by atoms with van der Waals surface area (Å²) in [5.74, 6) is 2.04. The number of anilines is 2. The molecule has 0 unspecified atom stereocenters. The van der Waals surface area contributed by atoms with Crippen molar-refractivity contribution < 1.29 is 0 Å². The van der Waals surface area contributed by atoms with Crippen LogP contribution < -0.4 is 15.4 Å². The van der Waals surface area contributed by atoms with Gasteiger partial charge in [-0.05, 0) is 68.2 Å². The molecule has 4 heteroatoms. The lowest BCUT2D eigenvalue weighted by Gasteiger charge is -2.26. The molecule has 110 valence electrons. The number of hydrogen-bond acceptors (Lipinski definition) is 4. The third kappa shape index (κ3) is 3.61. The van der Waals surface area contributed by atoms with Crippen molar-refractivity contribution in [2.45, 2.75) is 38.1 Å². The maximum atomic E-state index is 5.97. The van der Waals surface area contributed by atoms with Crippen molar-refractivity contribution in [2.75, 3.05) is 28.5 Å². The van der Waals surface area contributed by atoms with Gasteiger partial charge in [-0.3, -0.25) is 0 Å². The van der Waals surface area contributed by atoms with Crippen molar-refractivity contribution in [1.29, 1.82) is 0 Å². The van der Waals surface area contributed by atoms with Crippen LogP contribution in [0.25, 0.3) is 0 Å². The lowest BCUT2D eigenvalue weighted by molar-refractivity contribution is 0.339. The predicted octanol–water partition coefficient (Wildman–Crippen LogP) is 3.47. The molecule has 0 radical (unpaired) electrons. The van der Waals surface area contributed by atoms with E-state index in [0.29, 0.717) is 6.04 Å². The number of rotatable bonds is 4. The molecule has 1 saturated heterocycles. The van der Waals surface area contributed by atoms with E-state index in [2.05, 4.69) is 33.9 Å². The van der Waals surface area contributed by atoms with Gasteiger partial charge in [0.2, 0.25) is 0 Å². The summed E-state index contributed by atoms with van der Waals surface area (Å²) in [6.45, 7) is 2.26. The number of hydrogen-bond donors (Lipinski definition) is 2. The van der Waals surface area contributed by atoms with Crippen molar-refractivity contribution in [3.63, 3.8) is 0 Å². The minimum atomic E-state index is 0.446. The standard InChI is InChI=1S/C16H25N3S/c17-14-7-5-13(6-8-14)12-18-15-3-1-4-16(11-15)19-9-2-10-20-19/h1,3-4,11,13-14,18H,2,5-10,12,17H2. The van der Waals surface area contributed by atoms with Gasteiger partial charge in [0.25, 0.3) is 0 Å². The highest BCUT2D eigenvalue weighted by Gasteiger charge is 2.18. The van der Waals surface area contributed by atoms with Gasteiger partial charge in [-0.25, -0.2) is 0 Å². The summed E-state index contributed by atoms with van der Waals surface area (Å²) in [5.41, 5.74) is 8.56. The summed E-state index contributed by atoms with van der Waals surface area (Å²) >= 11 is 1.94. The largest absolute Gasteiger partial charge is 0.385 e. The summed E-state index contributed by atoms with van der Waals surface area (Å²) in [5, 5.41) is 3.62. The molecule has 0 amide bonds. The van der Waals surface area contributed by atoms with E-state index in [-0.39, 0.29) is 0 Å². The second-order valence-corrected chi connectivity index (χ2v) is 7.11. The van der Waals surface area contributed by atoms with Crippen molar-refractivity contribution in [1.82, 2.24) is 0 Å². The zero-order chi connectivity index (χ0) is 13.8. The van der Waals surface area contributed by atoms with Crippen LogP contribution in [0.3, 0.4) is 0 Å². The molecule has 1 aromatic rings. The first-order valence-corrected chi connectivity index (χ1v) is 8.75. The molecule has 0 atom stereocenters. The van der Waals surface area contributed by atoms with Gasteiger partial charge < -0.3 is 15.4 Å². The zero-order valence-electron chi connectivity index (χ0n) is 12.1. The molecule has 1 aliphatic heterocycles. The van der Waals surface area contributed by atoms with Gasteiger partial charge in [-0.1, -0.05) is 6.07 Å². The number of nitrogens with one attached hydrogen (secondary N) is 1. The van der Waals surface area contributed by atoms with Gasteiger partial charge >= 0.3 is 0 Å². The Hall–Kier alpha value is -0.870. The highest BCUT2D eigenvalue weighted by molar-refractivity contribution is 8.00. The lowest BCUT2D eigenvalue weighted by atomic mass is 9.86. The van der Waals surface area contributed by atoms with Crippen molar-refractivity contribution in [2.24, 2.45) is 11.7 Å². The Morgan fingerprint density at radius 2 is 2.10 bits per heavy atom. The van der Waals surface area contributed by atoms with Gasteiger partial charge in [0.15, 0.2) is 0 Å². The van der Waals surface area contributed by atoms with Crippen LogP contribution in [0.2, 0.25) is 0 Å². The molecule has 20 heavy (non-hydrogen) atoms. The molecule has 1 aromatic carbocycles. The normalized spacial score (nSPS) is 26.8. The molecular formula is C16H25N3S. The second kappa shape index (κ2) is 6.72. The number of benzene rings is 1. The fraction of sp³-hybridized carbons (Fsp3) is 0.625. The van der Waals surface area contributed by atoms with Gasteiger partial charge in [-0.2, -0.15) is 0 Å². The molecule has 3 N–H and O–H groups in total. The molecule has 1 saturated carbocycles. The topological polar surface area (TPSA) is 41.3 Å². The van der Waals surface area contributed by atoms with E-state index in [1.807, 2.05) is 11.9 Å². The molecule has 3 rings (SSSR count). The summed E-state index contributed by atoms with van der Waals surface area (Å²) in [4.78, 5) is 0. The van der Waals surface area contributed by atoms with Gasteiger partial charge in [0.1, 0.15) is 0 Å². The van der Waals surface area contributed by atoms with Crippen LogP contribution in [-0.4, -0.2) is 24.9 Å². The Morgan fingerprint density at radius 3 is 2.85 bits per heavy atom. The average Bonchev–Trinajstić information content (AvgIpc) is 3.01. The second-order valence-electron chi connectivity index (χ2n) is 6.00. The van der Waals surface area contributed by atoms with E-state index in [9.17, 15) is 0 Å². The Morgan fingerprint density at radius 1 is 1.25 bits per heavy atom. The maximum absolute atomic E-state index is 5.97. The first kappa shape index (κ1) is 14.1. The molecule has 3 nitrogen and oxygen atoms in total. The Bertz CT molecular complexity index is 423. The van der Waals surface area contributed by atoms with Crippen LogP contribution in [0, 0.1) is 5.92 Å². The van der Waals surface area contributed by atoms with E-state index in [1.54, 1.807) is 0 Å². The third-order valence-electron chi connectivity index (χ3n) is 4.37. The highest BCUT2D eigenvalue weighted by Crippen LogP contribution is 2.30. The number of nitrogens with two attached hydrogens (primary N) is 1. The van der Waals surface area contributed by atoms with Crippen LogP contribution in [0.15, 0.2) is 24.3 Å². The fourth-order valence-electron chi connectivity index (χ4n) is 3.08. The van der Waals surface area contributed by atoms with Crippen LogP contribution in [0.5, 0.6) is 0 Å². The monoisotopic (exact) mass is 291 g/mol. The highest BCUT2D eigenvalue weighted by atomic mass is 32.2. The quantitative estimate of drug-likeness (QED) is 0.833. The molecular weight excluding hydrogens is 266 g/mol.